The number of allylic oxidation sites excluding steroid dienone is 3. The van der Waals surface area contributed by atoms with Crippen LogP contribution in [0.25, 0.3) is 0 Å². The molecule has 1 rings (SSSR count). The average molecular weight is 250 g/mol. The van der Waals surface area contributed by atoms with Crippen LogP contribution >= 0.6 is 0 Å². The van der Waals surface area contributed by atoms with Gasteiger partial charge in [-0.3, -0.25) is 0 Å². The standard InChI is InChI=1S/C16H26O2/c1-14-7-4-5-9-16(17-3)10-6-8-15(2)13-18-12-11-14/h5,8-9,11,16H,4,6-7,10,12-13H2,1-3H3/b9-5+,14-11-,15-8-/t16-/m0/s1. The molecule has 0 fully saturated rings. The largest absolute Gasteiger partial charge is 0.377 e. The molecule has 0 aromatic heterocycles. The van der Waals surface area contributed by atoms with Crippen molar-refractivity contribution in [3.63, 3.8) is 0 Å². The minimum atomic E-state index is 0.238. The van der Waals surface area contributed by atoms with E-state index in [9.17, 15) is 0 Å². The molecule has 0 bridgehead atoms. The molecule has 2 heteroatoms. The molecule has 0 spiro atoms. The van der Waals surface area contributed by atoms with Crippen LogP contribution in [0.3, 0.4) is 0 Å². The molecule has 1 aliphatic rings. The third-order valence-electron chi connectivity index (χ3n) is 3.18. The van der Waals surface area contributed by atoms with Crippen molar-refractivity contribution in [1.82, 2.24) is 0 Å². The van der Waals surface area contributed by atoms with Gasteiger partial charge in [0.05, 0.1) is 19.3 Å². The van der Waals surface area contributed by atoms with Gasteiger partial charge in [0.15, 0.2) is 0 Å². The molecule has 0 aliphatic carbocycles. The van der Waals surface area contributed by atoms with Gasteiger partial charge in [-0.1, -0.05) is 35.5 Å². The van der Waals surface area contributed by atoms with Crippen molar-refractivity contribution in [3.8, 4) is 0 Å². The van der Waals surface area contributed by atoms with Crippen LogP contribution in [-0.4, -0.2) is 26.4 Å². The second-order valence-corrected chi connectivity index (χ2v) is 4.93. The summed E-state index contributed by atoms with van der Waals surface area (Å²) in [6, 6.07) is 0. The first kappa shape index (κ1) is 15.2. The van der Waals surface area contributed by atoms with Gasteiger partial charge < -0.3 is 9.47 Å². The van der Waals surface area contributed by atoms with Gasteiger partial charge in [-0.15, -0.1) is 0 Å². The average Bonchev–Trinajstić information content (AvgIpc) is 2.36. The van der Waals surface area contributed by atoms with Crippen molar-refractivity contribution in [2.75, 3.05) is 20.3 Å². The highest BCUT2D eigenvalue weighted by atomic mass is 16.5. The topological polar surface area (TPSA) is 18.5 Å². The van der Waals surface area contributed by atoms with Gasteiger partial charge in [0.25, 0.3) is 0 Å². The molecule has 0 N–H and O–H groups in total. The molecule has 2 nitrogen and oxygen atoms in total. The van der Waals surface area contributed by atoms with E-state index in [1.807, 2.05) is 0 Å². The fourth-order valence-corrected chi connectivity index (χ4v) is 1.93. The molecule has 0 radical (unpaired) electrons. The molecular weight excluding hydrogens is 224 g/mol. The van der Waals surface area contributed by atoms with Crippen LogP contribution in [-0.2, 0) is 9.47 Å². The van der Waals surface area contributed by atoms with Gasteiger partial charge >= 0.3 is 0 Å². The monoisotopic (exact) mass is 250 g/mol. The zero-order valence-corrected chi connectivity index (χ0v) is 11.9. The molecule has 18 heavy (non-hydrogen) atoms. The predicted molar refractivity (Wildman–Crippen MR) is 76.7 cm³/mol. The molecule has 0 unspecified atom stereocenters. The Bertz CT molecular complexity index is 313. The normalized spacial score (nSPS) is 31.6. The summed E-state index contributed by atoms with van der Waals surface area (Å²) in [5, 5.41) is 0. The Balaban J connectivity index is 2.59. The first-order chi connectivity index (χ1) is 8.72. The second kappa shape index (κ2) is 9.12. The van der Waals surface area contributed by atoms with Crippen LogP contribution < -0.4 is 0 Å². The highest BCUT2D eigenvalue weighted by Crippen LogP contribution is 2.10. The van der Waals surface area contributed by atoms with Crippen molar-refractivity contribution in [2.45, 2.75) is 45.6 Å². The van der Waals surface area contributed by atoms with E-state index in [4.69, 9.17) is 9.47 Å². The molecule has 0 saturated heterocycles. The van der Waals surface area contributed by atoms with E-state index in [-0.39, 0.29) is 6.10 Å². The van der Waals surface area contributed by atoms with Crippen LogP contribution in [0.4, 0.5) is 0 Å². The van der Waals surface area contributed by atoms with Crippen molar-refractivity contribution in [1.29, 1.82) is 0 Å². The fourth-order valence-electron chi connectivity index (χ4n) is 1.93. The lowest BCUT2D eigenvalue weighted by Gasteiger charge is -2.10. The lowest BCUT2D eigenvalue weighted by molar-refractivity contribution is 0.134. The zero-order chi connectivity index (χ0) is 13.2. The molecular formula is C16H26O2. The van der Waals surface area contributed by atoms with Crippen molar-refractivity contribution in [2.24, 2.45) is 0 Å². The van der Waals surface area contributed by atoms with Gasteiger partial charge in [0, 0.05) is 7.11 Å². The highest BCUT2D eigenvalue weighted by Gasteiger charge is 2.01. The van der Waals surface area contributed by atoms with Gasteiger partial charge in [-0.25, -0.2) is 0 Å². The number of hydrogen-bond acceptors (Lipinski definition) is 2. The summed E-state index contributed by atoms with van der Waals surface area (Å²) in [6.45, 7) is 5.75. The molecule has 0 aromatic carbocycles. The molecule has 102 valence electrons. The van der Waals surface area contributed by atoms with E-state index >= 15 is 0 Å². The van der Waals surface area contributed by atoms with Crippen LogP contribution in [0, 0.1) is 0 Å². The molecule has 1 aliphatic heterocycles. The Labute approximate surface area is 111 Å². The van der Waals surface area contributed by atoms with Gasteiger partial charge in [-0.2, -0.15) is 0 Å². The highest BCUT2D eigenvalue weighted by molar-refractivity contribution is 5.03. The quantitative estimate of drug-likeness (QED) is 0.654. The molecule has 0 aromatic rings. The predicted octanol–water partition coefficient (Wildman–Crippen LogP) is 4.04. The van der Waals surface area contributed by atoms with E-state index in [0.717, 1.165) is 38.9 Å². The second-order valence-electron chi connectivity index (χ2n) is 4.93. The number of rotatable bonds is 1. The van der Waals surface area contributed by atoms with E-state index in [0.29, 0.717) is 0 Å². The summed E-state index contributed by atoms with van der Waals surface area (Å²) >= 11 is 0. The third-order valence-corrected chi connectivity index (χ3v) is 3.18. The Hall–Kier alpha value is -0.860. The van der Waals surface area contributed by atoms with Gasteiger partial charge in [0.2, 0.25) is 0 Å². The minimum Gasteiger partial charge on any atom is -0.377 e. The molecule has 1 atom stereocenters. The maximum absolute atomic E-state index is 5.62. The Morgan fingerprint density at radius 2 is 2.00 bits per heavy atom. The first-order valence-electron chi connectivity index (χ1n) is 6.81. The molecule has 0 saturated carbocycles. The molecule has 1 heterocycles. The van der Waals surface area contributed by atoms with E-state index < -0.39 is 0 Å². The van der Waals surface area contributed by atoms with Gasteiger partial charge in [0.1, 0.15) is 0 Å². The van der Waals surface area contributed by atoms with E-state index in [1.54, 1.807) is 7.11 Å². The van der Waals surface area contributed by atoms with Crippen LogP contribution in [0.1, 0.15) is 39.5 Å². The zero-order valence-electron chi connectivity index (χ0n) is 11.9. The van der Waals surface area contributed by atoms with Gasteiger partial charge in [-0.05, 0) is 39.5 Å². The van der Waals surface area contributed by atoms with Crippen molar-refractivity contribution in [3.05, 3.63) is 35.5 Å². The maximum Gasteiger partial charge on any atom is 0.0755 e. The fraction of sp³-hybridized carbons (Fsp3) is 0.625. The summed E-state index contributed by atoms with van der Waals surface area (Å²) in [6.07, 6.45) is 13.4. The minimum absolute atomic E-state index is 0.238. The van der Waals surface area contributed by atoms with Crippen LogP contribution in [0.5, 0.6) is 0 Å². The van der Waals surface area contributed by atoms with Crippen LogP contribution in [0.2, 0.25) is 0 Å². The smallest absolute Gasteiger partial charge is 0.0755 e. The summed E-state index contributed by atoms with van der Waals surface area (Å²) < 4.78 is 11.1. The summed E-state index contributed by atoms with van der Waals surface area (Å²) in [7, 11) is 1.78. The number of methoxy groups -OCH3 is 1. The SMILES string of the molecule is CO[C@H]1/C=C/CC/C(C)=C\COC/C(C)=C\CC1. The Morgan fingerprint density at radius 3 is 2.78 bits per heavy atom. The molecule has 0 amide bonds. The number of hydrogen-bond donors (Lipinski definition) is 0. The van der Waals surface area contributed by atoms with E-state index in [2.05, 4.69) is 38.2 Å². The maximum atomic E-state index is 5.62. The third kappa shape index (κ3) is 6.77. The van der Waals surface area contributed by atoms with Crippen molar-refractivity contribution < 1.29 is 9.47 Å². The van der Waals surface area contributed by atoms with E-state index in [1.165, 1.54) is 11.1 Å². The summed E-state index contributed by atoms with van der Waals surface area (Å²) in [5.41, 5.74) is 2.70. The van der Waals surface area contributed by atoms with Crippen LogP contribution in [0.15, 0.2) is 35.5 Å². The summed E-state index contributed by atoms with van der Waals surface area (Å²) in [4.78, 5) is 0. The summed E-state index contributed by atoms with van der Waals surface area (Å²) in [5.74, 6) is 0. The number of ether oxygens (including phenoxy) is 2. The first-order valence-corrected chi connectivity index (χ1v) is 6.81. The lowest BCUT2D eigenvalue weighted by atomic mass is 10.1. The van der Waals surface area contributed by atoms with Crippen molar-refractivity contribution >= 4 is 0 Å². The lowest BCUT2D eigenvalue weighted by Crippen LogP contribution is -2.06. The Kier molecular flexibility index (Phi) is 7.70. The Morgan fingerprint density at radius 1 is 1.17 bits per heavy atom.